The maximum Gasteiger partial charge on any atom is 0.140 e. The molecule has 2 aromatic carbocycles. The van der Waals surface area contributed by atoms with Gasteiger partial charge in [0.1, 0.15) is 5.82 Å². The molecule has 3 aromatic heterocycles. The van der Waals surface area contributed by atoms with Gasteiger partial charge in [-0.15, -0.1) is 0 Å². The van der Waals surface area contributed by atoms with E-state index in [4.69, 9.17) is 9.97 Å². The van der Waals surface area contributed by atoms with Crippen LogP contribution in [0.5, 0.6) is 0 Å². The van der Waals surface area contributed by atoms with E-state index in [0.717, 1.165) is 47.0 Å². The molecule has 0 amide bonds. The van der Waals surface area contributed by atoms with Crippen molar-refractivity contribution in [3.05, 3.63) is 78.2 Å². The Morgan fingerprint density at radius 3 is 2.44 bits per heavy atom. The van der Waals surface area contributed by atoms with Gasteiger partial charge in [-0.05, 0) is 73.4 Å². The fourth-order valence-electron chi connectivity index (χ4n) is 6.04. The number of nitrogens with zero attached hydrogens (tertiary/aromatic N) is 4. The zero-order valence-corrected chi connectivity index (χ0v) is 20.6. The number of aromatic amines is 1. The lowest BCUT2D eigenvalue weighted by Gasteiger charge is -2.22. The molecule has 0 bridgehead atoms. The predicted molar refractivity (Wildman–Crippen MR) is 145 cm³/mol. The number of nitrogens with one attached hydrogen (secondary N) is 1. The zero-order chi connectivity index (χ0) is 23.9. The molecular formula is C31H31N5. The highest BCUT2D eigenvalue weighted by atomic mass is 15.3. The van der Waals surface area contributed by atoms with Gasteiger partial charge in [0.2, 0.25) is 0 Å². The summed E-state index contributed by atoms with van der Waals surface area (Å²) in [7, 11) is 0. The second-order valence-corrected chi connectivity index (χ2v) is 10.4. The van der Waals surface area contributed by atoms with Crippen molar-refractivity contribution in [2.75, 3.05) is 0 Å². The molecule has 1 saturated carbocycles. The van der Waals surface area contributed by atoms with Crippen LogP contribution in [0.4, 0.5) is 0 Å². The van der Waals surface area contributed by atoms with Crippen molar-refractivity contribution in [3.8, 4) is 33.8 Å². The zero-order valence-electron chi connectivity index (χ0n) is 20.6. The van der Waals surface area contributed by atoms with E-state index in [9.17, 15) is 0 Å². The molecule has 0 atom stereocenters. The molecule has 0 saturated heterocycles. The smallest absolute Gasteiger partial charge is 0.140 e. The number of aryl methyl sites for hydroxylation is 1. The summed E-state index contributed by atoms with van der Waals surface area (Å²) in [4.78, 5) is 13.1. The van der Waals surface area contributed by atoms with Crippen LogP contribution in [0.2, 0.25) is 0 Å². The molecule has 5 aromatic rings. The fourth-order valence-corrected chi connectivity index (χ4v) is 6.04. The van der Waals surface area contributed by atoms with Crippen LogP contribution in [-0.4, -0.2) is 24.7 Å². The number of benzene rings is 2. The number of H-pyrrole nitrogens is 1. The van der Waals surface area contributed by atoms with Crippen LogP contribution in [-0.2, 0) is 13.0 Å². The van der Waals surface area contributed by atoms with Gasteiger partial charge in [0.15, 0.2) is 0 Å². The van der Waals surface area contributed by atoms with Crippen molar-refractivity contribution in [1.82, 2.24) is 24.7 Å². The Bertz CT molecular complexity index is 1500. The van der Waals surface area contributed by atoms with Crippen molar-refractivity contribution in [2.45, 2.75) is 63.8 Å². The highest BCUT2D eigenvalue weighted by molar-refractivity contribution is 5.85. The summed E-state index contributed by atoms with van der Waals surface area (Å²) in [5, 5.41) is 4.61. The fraction of sp³-hybridized carbons (Fsp3) is 0.323. The van der Waals surface area contributed by atoms with Crippen molar-refractivity contribution >= 4 is 11.0 Å². The quantitative estimate of drug-likeness (QED) is 0.293. The van der Waals surface area contributed by atoms with Gasteiger partial charge in [-0.25, -0.2) is 4.98 Å². The lowest BCUT2D eigenvalue weighted by Crippen LogP contribution is -2.11. The molecule has 7 rings (SSSR count). The van der Waals surface area contributed by atoms with Gasteiger partial charge in [0.25, 0.3) is 0 Å². The second-order valence-electron chi connectivity index (χ2n) is 10.4. The van der Waals surface area contributed by atoms with Crippen molar-refractivity contribution < 1.29 is 0 Å². The number of aromatic nitrogens is 5. The Morgan fingerprint density at radius 2 is 1.61 bits per heavy atom. The van der Waals surface area contributed by atoms with E-state index in [2.05, 4.69) is 69.4 Å². The van der Waals surface area contributed by atoms with Gasteiger partial charge in [-0.2, -0.15) is 5.10 Å². The summed E-state index contributed by atoms with van der Waals surface area (Å²) in [6.07, 6.45) is 14.3. The Morgan fingerprint density at radius 1 is 0.778 bits per heavy atom. The summed E-state index contributed by atoms with van der Waals surface area (Å²) < 4.78 is 2.16. The first-order valence-corrected chi connectivity index (χ1v) is 13.4. The first-order chi connectivity index (χ1) is 17.8. The predicted octanol–water partition coefficient (Wildman–Crippen LogP) is 7.54. The lowest BCUT2D eigenvalue weighted by atomic mass is 9.84. The second kappa shape index (κ2) is 9.05. The Kier molecular flexibility index (Phi) is 5.42. The minimum Gasteiger partial charge on any atom is -0.338 e. The number of fused-ring (bicyclic) bond motifs is 2. The molecule has 4 heterocycles. The molecule has 0 spiro atoms. The van der Waals surface area contributed by atoms with Crippen LogP contribution >= 0.6 is 0 Å². The number of pyridine rings is 1. The van der Waals surface area contributed by atoms with E-state index in [1.165, 1.54) is 72.9 Å². The van der Waals surface area contributed by atoms with E-state index in [0.29, 0.717) is 0 Å². The number of imidazole rings is 1. The molecule has 5 heteroatoms. The van der Waals surface area contributed by atoms with Gasteiger partial charge < -0.3 is 4.98 Å². The number of rotatable bonds is 4. The Labute approximate surface area is 211 Å². The minimum atomic E-state index is 0.733. The van der Waals surface area contributed by atoms with Crippen LogP contribution in [0.1, 0.15) is 62.1 Å². The van der Waals surface area contributed by atoms with Crippen molar-refractivity contribution in [3.63, 3.8) is 0 Å². The van der Waals surface area contributed by atoms with E-state index < -0.39 is 0 Å². The molecule has 1 N–H and O–H groups in total. The third-order valence-corrected chi connectivity index (χ3v) is 8.10. The Balaban J connectivity index is 1.13. The topological polar surface area (TPSA) is 59.4 Å². The standard InChI is InChI=1S/C31H31N5/c1-2-6-21(7-3-1)22-9-11-23(12-10-22)27-15-14-25(19-32-27)31-34-28-16-13-24(18-29(28)35-31)26-20-33-36-17-5-4-8-30(26)36/h9-16,18-21H,1-8,17H2,(H,34,35). The van der Waals surface area contributed by atoms with Crippen molar-refractivity contribution in [2.24, 2.45) is 0 Å². The van der Waals surface area contributed by atoms with Crippen LogP contribution in [0.15, 0.2) is 67.0 Å². The van der Waals surface area contributed by atoms with E-state index >= 15 is 0 Å². The third-order valence-electron chi connectivity index (χ3n) is 8.10. The van der Waals surface area contributed by atoms with Crippen molar-refractivity contribution in [1.29, 1.82) is 0 Å². The van der Waals surface area contributed by atoms with Gasteiger partial charge >= 0.3 is 0 Å². The van der Waals surface area contributed by atoms with Crippen LogP contribution in [0.3, 0.4) is 0 Å². The van der Waals surface area contributed by atoms with Gasteiger partial charge in [0.05, 0.1) is 22.9 Å². The summed E-state index contributed by atoms with van der Waals surface area (Å²) in [6.45, 7) is 1.03. The van der Waals surface area contributed by atoms with E-state index in [1.807, 2.05) is 12.4 Å². The first-order valence-electron chi connectivity index (χ1n) is 13.4. The maximum atomic E-state index is 4.84. The van der Waals surface area contributed by atoms with E-state index in [-0.39, 0.29) is 0 Å². The van der Waals surface area contributed by atoms with Crippen LogP contribution in [0.25, 0.3) is 44.8 Å². The van der Waals surface area contributed by atoms with Crippen LogP contribution < -0.4 is 0 Å². The molecular weight excluding hydrogens is 442 g/mol. The molecule has 0 unspecified atom stereocenters. The van der Waals surface area contributed by atoms with E-state index in [1.54, 1.807) is 0 Å². The molecule has 36 heavy (non-hydrogen) atoms. The monoisotopic (exact) mass is 473 g/mol. The van der Waals surface area contributed by atoms with Gasteiger partial charge in [-0.1, -0.05) is 49.6 Å². The van der Waals surface area contributed by atoms with Crippen LogP contribution in [0, 0.1) is 0 Å². The first kappa shape index (κ1) is 21.5. The summed E-state index contributed by atoms with van der Waals surface area (Å²) in [5.41, 5.74) is 10.5. The summed E-state index contributed by atoms with van der Waals surface area (Å²) >= 11 is 0. The average Bonchev–Trinajstić information content (AvgIpc) is 3.58. The normalized spacial score (nSPS) is 16.3. The molecule has 1 fully saturated rings. The van der Waals surface area contributed by atoms with Gasteiger partial charge in [-0.3, -0.25) is 9.67 Å². The maximum absolute atomic E-state index is 4.84. The highest BCUT2D eigenvalue weighted by Crippen LogP contribution is 2.34. The lowest BCUT2D eigenvalue weighted by molar-refractivity contribution is 0.443. The highest BCUT2D eigenvalue weighted by Gasteiger charge is 2.17. The molecule has 180 valence electrons. The number of hydrogen-bond donors (Lipinski definition) is 1. The Hall–Kier alpha value is -3.73. The molecule has 0 radical (unpaired) electrons. The summed E-state index contributed by atoms with van der Waals surface area (Å²) in [5.74, 6) is 1.59. The molecule has 2 aliphatic rings. The number of hydrogen-bond acceptors (Lipinski definition) is 3. The average molecular weight is 474 g/mol. The SMILES string of the molecule is c1cc(C2CCCCC2)ccc1-c1ccc(-c2nc3ccc(-c4cnn5c4CCCC5)cc3[nH]2)cn1. The molecule has 5 nitrogen and oxygen atoms in total. The largest absolute Gasteiger partial charge is 0.338 e. The molecule has 1 aliphatic heterocycles. The third kappa shape index (κ3) is 3.93. The molecule has 1 aliphatic carbocycles. The summed E-state index contributed by atoms with van der Waals surface area (Å²) in [6, 6.07) is 19.7. The van der Waals surface area contributed by atoms with Gasteiger partial charge in [0, 0.05) is 35.1 Å². The minimum absolute atomic E-state index is 0.733.